The van der Waals surface area contributed by atoms with Gasteiger partial charge in [0.2, 0.25) is 0 Å². The average Bonchev–Trinajstić information content (AvgIpc) is 2.91. The minimum atomic E-state index is -0.181. The summed E-state index contributed by atoms with van der Waals surface area (Å²) in [6, 6.07) is 13.3. The zero-order chi connectivity index (χ0) is 12.4. The fraction of sp³-hybridized carbons (Fsp3) is 0. The molecule has 3 aromatic rings. The Hall–Kier alpha value is -2.20. The van der Waals surface area contributed by atoms with Crippen LogP contribution < -0.4 is 5.32 Å². The maximum Gasteiger partial charge on any atom is 0.274 e. The quantitative estimate of drug-likeness (QED) is 0.760. The molecule has 0 unspecified atom stereocenters. The fourth-order valence-electron chi connectivity index (χ4n) is 1.72. The zero-order valence-corrected chi connectivity index (χ0v) is 10.3. The SMILES string of the molecule is O=C(Nc1ccsc1)c1ccc2ccccc2n1. The van der Waals surface area contributed by atoms with Gasteiger partial charge in [0.05, 0.1) is 11.2 Å². The van der Waals surface area contributed by atoms with E-state index in [4.69, 9.17) is 0 Å². The van der Waals surface area contributed by atoms with Gasteiger partial charge in [-0.3, -0.25) is 4.79 Å². The molecule has 0 saturated heterocycles. The molecular formula is C14H10N2OS. The van der Waals surface area contributed by atoms with Crippen LogP contribution >= 0.6 is 11.3 Å². The monoisotopic (exact) mass is 254 g/mol. The first-order valence-electron chi connectivity index (χ1n) is 5.52. The molecule has 1 N–H and O–H groups in total. The molecule has 0 aliphatic heterocycles. The van der Waals surface area contributed by atoms with Crippen molar-refractivity contribution in [2.75, 3.05) is 5.32 Å². The lowest BCUT2D eigenvalue weighted by Gasteiger charge is -2.03. The summed E-state index contributed by atoms with van der Waals surface area (Å²) in [4.78, 5) is 16.3. The van der Waals surface area contributed by atoms with Crippen molar-refractivity contribution < 1.29 is 4.79 Å². The van der Waals surface area contributed by atoms with Gasteiger partial charge in [-0.25, -0.2) is 4.98 Å². The Balaban J connectivity index is 1.92. The van der Waals surface area contributed by atoms with Crippen LogP contribution in [0.4, 0.5) is 5.69 Å². The maximum atomic E-state index is 12.0. The third kappa shape index (κ3) is 2.10. The second-order valence-corrected chi connectivity index (χ2v) is 4.64. The number of hydrogen-bond acceptors (Lipinski definition) is 3. The number of aromatic nitrogens is 1. The normalized spacial score (nSPS) is 10.4. The highest BCUT2D eigenvalue weighted by atomic mass is 32.1. The van der Waals surface area contributed by atoms with E-state index in [1.165, 1.54) is 0 Å². The number of carbonyl (C=O) groups excluding carboxylic acids is 1. The lowest BCUT2D eigenvalue weighted by molar-refractivity contribution is 0.102. The van der Waals surface area contributed by atoms with Crippen molar-refractivity contribution in [1.29, 1.82) is 0 Å². The molecule has 0 fully saturated rings. The standard InChI is InChI=1S/C14H10N2OS/c17-14(15-11-7-8-18-9-11)13-6-5-10-3-1-2-4-12(10)16-13/h1-9H,(H,15,17). The molecule has 3 rings (SSSR count). The van der Waals surface area contributed by atoms with E-state index < -0.39 is 0 Å². The predicted molar refractivity (Wildman–Crippen MR) is 74.0 cm³/mol. The molecule has 0 bridgehead atoms. The summed E-state index contributed by atoms with van der Waals surface area (Å²) in [7, 11) is 0. The van der Waals surface area contributed by atoms with Crippen molar-refractivity contribution in [3.63, 3.8) is 0 Å². The van der Waals surface area contributed by atoms with Gasteiger partial charge in [0.25, 0.3) is 5.91 Å². The van der Waals surface area contributed by atoms with E-state index in [1.807, 2.05) is 47.2 Å². The van der Waals surface area contributed by atoms with Gasteiger partial charge in [-0.2, -0.15) is 11.3 Å². The first kappa shape index (κ1) is 10.9. The highest BCUT2D eigenvalue weighted by Gasteiger charge is 2.08. The molecule has 88 valence electrons. The first-order valence-corrected chi connectivity index (χ1v) is 6.46. The van der Waals surface area contributed by atoms with Crippen molar-refractivity contribution in [1.82, 2.24) is 4.98 Å². The lowest BCUT2D eigenvalue weighted by atomic mass is 10.2. The van der Waals surface area contributed by atoms with E-state index in [9.17, 15) is 4.79 Å². The molecule has 0 saturated carbocycles. The van der Waals surface area contributed by atoms with Crippen molar-refractivity contribution >= 4 is 33.8 Å². The summed E-state index contributed by atoms with van der Waals surface area (Å²) in [6.07, 6.45) is 0. The average molecular weight is 254 g/mol. The molecule has 1 aromatic carbocycles. The number of nitrogens with zero attached hydrogens (tertiary/aromatic N) is 1. The highest BCUT2D eigenvalue weighted by molar-refractivity contribution is 7.08. The van der Waals surface area contributed by atoms with E-state index >= 15 is 0 Å². The van der Waals surface area contributed by atoms with Crippen molar-refractivity contribution in [3.05, 3.63) is 58.9 Å². The van der Waals surface area contributed by atoms with Crippen molar-refractivity contribution in [2.24, 2.45) is 0 Å². The van der Waals surface area contributed by atoms with Gasteiger partial charge in [0.15, 0.2) is 0 Å². The summed E-state index contributed by atoms with van der Waals surface area (Å²) >= 11 is 1.54. The Bertz CT molecular complexity index is 692. The van der Waals surface area contributed by atoms with Crippen LogP contribution in [0.25, 0.3) is 10.9 Å². The molecule has 0 atom stereocenters. The summed E-state index contributed by atoms with van der Waals surface area (Å²) in [5.74, 6) is -0.181. The van der Waals surface area contributed by atoms with Gasteiger partial charge >= 0.3 is 0 Å². The van der Waals surface area contributed by atoms with Gasteiger partial charge < -0.3 is 5.32 Å². The molecule has 0 radical (unpaired) electrons. The van der Waals surface area contributed by atoms with E-state index in [2.05, 4.69) is 10.3 Å². The van der Waals surface area contributed by atoms with Crippen LogP contribution in [0, 0.1) is 0 Å². The number of pyridine rings is 1. The third-order valence-electron chi connectivity index (χ3n) is 2.61. The molecule has 0 aliphatic rings. The van der Waals surface area contributed by atoms with Gasteiger partial charge in [-0.1, -0.05) is 24.3 Å². The maximum absolute atomic E-state index is 12.0. The molecule has 2 heterocycles. The van der Waals surface area contributed by atoms with E-state index in [-0.39, 0.29) is 5.91 Å². The number of amides is 1. The smallest absolute Gasteiger partial charge is 0.274 e. The van der Waals surface area contributed by atoms with E-state index in [1.54, 1.807) is 17.4 Å². The summed E-state index contributed by atoms with van der Waals surface area (Å²) in [6.45, 7) is 0. The molecule has 18 heavy (non-hydrogen) atoms. The number of nitrogens with one attached hydrogen (secondary N) is 1. The fourth-order valence-corrected chi connectivity index (χ4v) is 2.31. The van der Waals surface area contributed by atoms with Crippen LogP contribution in [0.15, 0.2) is 53.2 Å². The molecule has 3 nitrogen and oxygen atoms in total. The first-order chi connectivity index (χ1) is 8.83. The minimum Gasteiger partial charge on any atom is -0.320 e. The predicted octanol–water partition coefficient (Wildman–Crippen LogP) is 3.55. The number of anilines is 1. The number of para-hydroxylation sites is 1. The van der Waals surface area contributed by atoms with Crippen molar-refractivity contribution in [3.8, 4) is 0 Å². The number of thiophene rings is 1. The Labute approximate surface area is 108 Å². The second-order valence-electron chi connectivity index (χ2n) is 3.86. The van der Waals surface area contributed by atoms with Gasteiger partial charge in [0, 0.05) is 10.8 Å². The molecule has 0 aliphatic carbocycles. The van der Waals surface area contributed by atoms with Crippen LogP contribution in [0.2, 0.25) is 0 Å². The van der Waals surface area contributed by atoms with Crippen LogP contribution in [0.5, 0.6) is 0 Å². The molecule has 4 heteroatoms. The third-order valence-corrected chi connectivity index (χ3v) is 3.29. The van der Waals surface area contributed by atoms with E-state index in [0.717, 1.165) is 16.6 Å². The Morgan fingerprint density at radius 2 is 2.00 bits per heavy atom. The number of hydrogen-bond donors (Lipinski definition) is 1. The van der Waals surface area contributed by atoms with Gasteiger partial charge in [0.1, 0.15) is 5.69 Å². The van der Waals surface area contributed by atoms with Crippen LogP contribution in [0.3, 0.4) is 0 Å². The number of fused-ring (bicyclic) bond motifs is 1. The van der Waals surface area contributed by atoms with Gasteiger partial charge in [-0.05, 0) is 23.6 Å². The summed E-state index contributed by atoms with van der Waals surface area (Å²) < 4.78 is 0. The molecular weight excluding hydrogens is 244 g/mol. The largest absolute Gasteiger partial charge is 0.320 e. The van der Waals surface area contributed by atoms with Crippen LogP contribution in [-0.4, -0.2) is 10.9 Å². The zero-order valence-electron chi connectivity index (χ0n) is 9.46. The molecule has 2 aromatic heterocycles. The topological polar surface area (TPSA) is 42.0 Å². The van der Waals surface area contributed by atoms with E-state index in [0.29, 0.717) is 5.69 Å². The van der Waals surface area contributed by atoms with Crippen LogP contribution in [0.1, 0.15) is 10.5 Å². The Kier molecular flexibility index (Phi) is 2.78. The Morgan fingerprint density at radius 3 is 2.83 bits per heavy atom. The number of carbonyl (C=O) groups is 1. The minimum absolute atomic E-state index is 0.181. The van der Waals surface area contributed by atoms with Crippen LogP contribution in [-0.2, 0) is 0 Å². The Morgan fingerprint density at radius 1 is 1.11 bits per heavy atom. The van der Waals surface area contributed by atoms with Crippen molar-refractivity contribution in [2.45, 2.75) is 0 Å². The summed E-state index contributed by atoms with van der Waals surface area (Å²) in [5.41, 5.74) is 2.07. The molecule has 1 amide bonds. The summed E-state index contributed by atoms with van der Waals surface area (Å²) in [5, 5.41) is 7.65. The second kappa shape index (κ2) is 4.58. The van der Waals surface area contributed by atoms with Gasteiger partial charge in [-0.15, -0.1) is 0 Å². The molecule has 0 spiro atoms. The number of rotatable bonds is 2. The lowest BCUT2D eigenvalue weighted by Crippen LogP contribution is -2.12. The highest BCUT2D eigenvalue weighted by Crippen LogP contribution is 2.15. The number of benzene rings is 1.